The summed E-state index contributed by atoms with van der Waals surface area (Å²) in [4.78, 5) is 16.7. The number of rotatable bonds is 5. The zero-order chi connectivity index (χ0) is 14.5. The van der Waals surface area contributed by atoms with Gasteiger partial charge in [-0.05, 0) is 35.7 Å². The van der Waals surface area contributed by atoms with Gasteiger partial charge in [-0.15, -0.1) is 0 Å². The molecule has 1 aliphatic rings. The van der Waals surface area contributed by atoms with Gasteiger partial charge in [0.05, 0.1) is 12.5 Å². The molecule has 1 saturated heterocycles. The normalized spacial score (nSPS) is 19.9. The Morgan fingerprint density at radius 1 is 1.40 bits per heavy atom. The summed E-state index contributed by atoms with van der Waals surface area (Å²) in [6.45, 7) is 7.54. The van der Waals surface area contributed by atoms with Crippen LogP contribution < -0.4 is 0 Å². The van der Waals surface area contributed by atoms with Crippen LogP contribution in [0, 0.1) is 0 Å². The standard InChI is InChI=1S/C15H24N2O2S/c1-3-14(10-18)16-5-7-17(8-6-16)15(19)12(2)13-4-9-20-11-13/h4,9,11-12,14,18H,3,5-8,10H2,1-2H3. The summed E-state index contributed by atoms with van der Waals surface area (Å²) in [7, 11) is 0. The Bertz CT molecular complexity index is 410. The fourth-order valence-electron chi connectivity index (χ4n) is 2.75. The minimum absolute atomic E-state index is 0.0485. The van der Waals surface area contributed by atoms with Crippen LogP contribution in [0.4, 0.5) is 0 Å². The van der Waals surface area contributed by atoms with Crippen molar-refractivity contribution < 1.29 is 9.90 Å². The summed E-state index contributed by atoms with van der Waals surface area (Å²) in [6, 6.07) is 2.27. The summed E-state index contributed by atoms with van der Waals surface area (Å²) >= 11 is 1.64. The van der Waals surface area contributed by atoms with Crippen LogP contribution in [-0.2, 0) is 4.79 Å². The fourth-order valence-corrected chi connectivity index (χ4v) is 3.50. The first kappa shape index (κ1) is 15.5. The molecule has 2 atom stereocenters. The molecule has 0 spiro atoms. The summed E-state index contributed by atoms with van der Waals surface area (Å²) in [6.07, 6.45) is 0.954. The Labute approximate surface area is 125 Å². The molecule has 0 radical (unpaired) electrons. The van der Waals surface area contributed by atoms with Crippen molar-refractivity contribution in [1.82, 2.24) is 9.80 Å². The van der Waals surface area contributed by atoms with Crippen molar-refractivity contribution in [1.29, 1.82) is 0 Å². The molecule has 0 aromatic carbocycles. The number of hydrogen-bond acceptors (Lipinski definition) is 4. The summed E-state index contributed by atoms with van der Waals surface area (Å²) in [5.41, 5.74) is 1.12. The Morgan fingerprint density at radius 2 is 2.10 bits per heavy atom. The molecule has 1 N–H and O–H groups in total. The number of hydrogen-bond donors (Lipinski definition) is 1. The Balaban J connectivity index is 1.89. The number of carbonyl (C=O) groups is 1. The Morgan fingerprint density at radius 3 is 2.60 bits per heavy atom. The van der Waals surface area contributed by atoms with Crippen LogP contribution in [0.25, 0.3) is 0 Å². The van der Waals surface area contributed by atoms with Crippen LogP contribution in [0.1, 0.15) is 31.7 Å². The maximum Gasteiger partial charge on any atom is 0.229 e. The highest BCUT2D eigenvalue weighted by Gasteiger charge is 2.28. The van der Waals surface area contributed by atoms with Gasteiger partial charge < -0.3 is 10.0 Å². The van der Waals surface area contributed by atoms with Gasteiger partial charge in [-0.3, -0.25) is 9.69 Å². The minimum atomic E-state index is -0.0485. The van der Waals surface area contributed by atoms with Crippen molar-refractivity contribution in [3.05, 3.63) is 22.4 Å². The topological polar surface area (TPSA) is 43.8 Å². The average Bonchev–Trinajstić information content (AvgIpc) is 3.02. The van der Waals surface area contributed by atoms with Gasteiger partial charge in [0.1, 0.15) is 0 Å². The molecule has 5 heteroatoms. The number of amides is 1. The smallest absolute Gasteiger partial charge is 0.229 e. The largest absolute Gasteiger partial charge is 0.395 e. The lowest BCUT2D eigenvalue weighted by atomic mass is 10.0. The third kappa shape index (κ3) is 3.40. The zero-order valence-corrected chi connectivity index (χ0v) is 13.1. The molecule has 1 amide bonds. The molecule has 2 heterocycles. The first-order chi connectivity index (χ1) is 9.67. The van der Waals surface area contributed by atoms with E-state index in [1.54, 1.807) is 11.3 Å². The molecule has 1 aromatic heterocycles. The van der Waals surface area contributed by atoms with E-state index in [4.69, 9.17) is 0 Å². The lowest BCUT2D eigenvalue weighted by Crippen LogP contribution is -2.53. The van der Waals surface area contributed by atoms with Gasteiger partial charge in [-0.1, -0.05) is 6.92 Å². The zero-order valence-electron chi connectivity index (χ0n) is 12.3. The monoisotopic (exact) mass is 296 g/mol. The first-order valence-electron chi connectivity index (χ1n) is 7.33. The SMILES string of the molecule is CCC(CO)N1CCN(C(=O)C(C)c2ccsc2)CC1. The van der Waals surface area contributed by atoms with Gasteiger partial charge in [-0.2, -0.15) is 11.3 Å². The van der Waals surface area contributed by atoms with Crippen molar-refractivity contribution in [2.45, 2.75) is 32.2 Å². The lowest BCUT2D eigenvalue weighted by Gasteiger charge is -2.39. The van der Waals surface area contributed by atoms with Crippen LogP contribution in [0.3, 0.4) is 0 Å². The van der Waals surface area contributed by atoms with Crippen LogP contribution in [-0.4, -0.2) is 59.6 Å². The highest BCUT2D eigenvalue weighted by Crippen LogP contribution is 2.21. The van der Waals surface area contributed by atoms with Crippen molar-refractivity contribution in [2.24, 2.45) is 0 Å². The molecule has 4 nitrogen and oxygen atoms in total. The predicted molar refractivity (Wildman–Crippen MR) is 82.1 cm³/mol. The molecule has 2 rings (SSSR count). The van der Waals surface area contributed by atoms with E-state index in [0.29, 0.717) is 0 Å². The predicted octanol–water partition coefficient (Wildman–Crippen LogP) is 1.77. The molecule has 1 fully saturated rings. The number of thiophene rings is 1. The van der Waals surface area contributed by atoms with Crippen molar-refractivity contribution >= 4 is 17.2 Å². The summed E-state index contributed by atoms with van der Waals surface area (Å²) in [5, 5.41) is 13.4. The van der Waals surface area contributed by atoms with Crippen LogP contribution in [0.5, 0.6) is 0 Å². The molecule has 1 aliphatic heterocycles. The molecular weight excluding hydrogens is 272 g/mol. The van der Waals surface area contributed by atoms with Gasteiger partial charge in [0.2, 0.25) is 5.91 Å². The fraction of sp³-hybridized carbons (Fsp3) is 0.667. The second-order valence-corrected chi connectivity index (χ2v) is 6.16. The number of piperazine rings is 1. The molecule has 0 aliphatic carbocycles. The van der Waals surface area contributed by atoms with Crippen LogP contribution in [0.2, 0.25) is 0 Å². The molecule has 1 aromatic rings. The minimum Gasteiger partial charge on any atom is -0.395 e. The molecule has 112 valence electrons. The van der Waals surface area contributed by atoms with Gasteiger partial charge >= 0.3 is 0 Å². The van der Waals surface area contributed by atoms with Crippen molar-refractivity contribution in [2.75, 3.05) is 32.8 Å². The molecule has 0 bridgehead atoms. The van der Waals surface area contributed by atoms with E-state index < -0.39 is 0 Å². The molecule has 20 heavy (non-hydrogen) atoms. The number of aliphatic hydroxyl groups is 1. The maximum atomic E-state index is 12.5. The second kappa shape index (κ2) is 7.20. The average molecular weight is 296 g/mol. The van der Waals surface area contributed by atoms with E-state index in [1.165, 1.54) is 0 Å². The van der Waals surface area contributed by atoms with E-state index in [-0.39, 0.29) is 24.5 Å². The second-order valence-electron chi connectivity index (χ2n) is 5.38. The van der Waals surface area contributed by atoms with E-state index in [9.17, 15) is 9.90 Å². The van der Waals surface area contributed by atoms with Gasteiger partial charge in [0.25, 0.3) is 0 Å². The molecular formula is C15H24N2O2S. The van der Waals surface area contributed by atoms with E-state index >= 15 is 0 Å². The highest BCUT2D eigenvalue weighted by atomic mass is 32.1. The van der Waals surface area contributed by atoms with Gasteiger partial charge in [-0.25, -0.2) is 0 Å². The van der Waals surface area contributed by atoms with Gasteiger partial charge in [0.15, 0.2) is 0 Å². The lowest BCUT2D eigenvalue weighted by molar-refractivity contribution is -0.134. The van der Waals surface area contributed by atoms with Crippen molar-refractivity contribution in [3.8, 4) is 0 Å². The number of nitrogens with zero attached hydrogens (tertiary/aromatic N) is 2. The number of aliphatic hydroxyl groups excluding tert-OH is 1. The molecule has 2 unspecified atom stereocenters. The maximum absolute atomic E-state index is 12.5. The third-order valence-electron chi connectivity index (χ3n) is 4.24. The number of carbonyl (C=O) groups excluding carboxylic acids is 1. The van der Waals surface area contributed by atoms with Crippen LogP contribution in [0.15, 0.2) is 16.8 Å². The Hall–Kier alpha value is -0.910. The van der Waals surface area contributed by atoms with Crippen molar-refractivity contribution in [3.63, 3.8) is 0 Å². The first-order valence-corrected chi connectivity index (χ1v) is 8.27. The van der Waals surface area contributed by atoms with Gasteiger partial charge in [0, 0.05) is 32.2 Å². The highest BCUT2D eigenvalue weighted by molar-refractivity contribution is 7.08. The van der Waals surface area contributed by atoms with E-state index in [1.807, 2.05) is 23.3 Å². The third-order valence-corrected chi connectivity index (χ3v) is 4.94. The van der Waals surface area contributed by atoms with Crippen LogP contribution >= 0.6 is 11.3 Å². The van der Waals surface area contributed by atoms with E-state index in [0.717, 1.165) is 38.2 Å². The molecule has 0 saturated carbocycles. The van der Waals surface area contributed by atoms with E-state index in [2.05, 4.69) is 17.2 Å². The quantitative estimate of drug-likeness (QED) is 0.900. The summed E-state index contributed by atoms with van der Waals surface area (Å²) in [5.74, 6) is 0.174. The summed E-state index contributed by atoms with van der Waals surface area (Å²) < 4.78 is 0. The Kier molecular flexibility index (Phi) is 5.57.